The van der Waals surface area contributed by atoms with Gasteiger partial charge in [0.2, 0.25) is 5.91 Å². The highest BCUT2D eigenvalue weighted by molar-refractivity contribution is 6.30. The van der Waals surface area contributed by atoms with Crippen LogP contribution < -0.4 is 10.6 Å². The minimum atomic E-state index is -0.175. The molecule has 0 bridgehead atoms. The molecule has 1 aliphatic heterocycles. The summed E-state index contributed by atoms with van der Waals surface area (Å²) in [7, 11) is 1.65. The van der Waals surface area contributed by atoms with Crippen molar-refractivity contribution in [2.24, 2.45) is 5.92 Å². The first kappa shape index (κ1) is 15.3. The van der Waals surface area contributed by atoms with Crippen molar-refractivity contribution in [2.75, 3.05) is 20.2 Å². The fourth-order valence-corrected chi connectivity index (χ4v) is 2.70. The van der Waals surface area contributed by atoms with Gasteiger partial charge in [0.05, 0.1) is 12.0 Å². The van der Waals surface area contributed by atoms with Gasteiger partial charge in [0.1, 0.15) is 6.10 Å². The molecule has 0 saturated carbocycles. The Hall–Kier alpha value is -1.10. The minimum Gasteiger partial charge on any atom is -0.375 e. The molecular formula is C15H21ClN2O2. The Morgan fingerprint density at radius 3 is 2.70 bits per heavy atom. The fraction of sp³-hybridized carbons (Fsp3) is 0.533. The van der Waals surface area contributed by atoms with Crippen molar-refractivity contribution in [1.82, 2.24) is 10.6 Å². The van der Waals surface area contributed by atoms with E-state index in [2.05, 4.69) is 10.6 Å². The van der Waals surface area contributed by atoms with E-state index in [0.29, 0.717) is 5.02 Å². The average molecular weight is 297 g/mol. The van der Waals surface area contributed by atoms with Crippen molar-refractivity contribution in [3.05, 3.63) is 34.9 Å². The molecule has 1 heterocycles. The molecule has 1 amide bonds. The molecule has 20 heavy (non-hydrogen) atoms. The Bertz CT molecular complexity index is 444. The van der Waals surface area contributed by atoms with Gasteiger partial charge in [-0.2, -0.15) is 0 Å². The number of hydrogen-bond donors (Lipinski definition) is 2. The predicted octanol–water partition coefficient (Wildman–Crippen LogP) is 2.14. The number of carbonyl (C=O) groups excluding carboxylic acids is 1. The number of amides is 1. The van der Waals surface area contributed by atoms with Crippen molar-refractivity contribution in [2.45, 2.75) is 25.5 Å². The van der Waals surface area contributed by atoms with Crippen LogP contribution in [0, 0.1) is 5.92 Å². The van der Waals surface area contributed by atoms with Crippen LogP contribution in [0.5, 0.6) is 0 Å². The van der Waals surface area contributed by atoms with Crippen LogP contribution in [-0.4, -0.2) is 32.1 Å². The van der Waals surface area contributed by atoms with Crippen molar-refractivity contribution in [3.8, 4) is 0 Å². The highest BCUT2D eigenvalue weighted by Gasteiger charge is 2.26. The van der Waals surface area contributed by atoms with Crippen LogP contribution >= 0.6 is 11.6 Å². The second-order valence-corrected chi connectivity index (χ2v) is 5.63. The number of carbonyl (C=O) groups is 1. The molecule has 1 saturated heterocycles. The molecule has 2 rings (SSSR count). The van der Waals surface area contributed by atoms with Gasteiger partial charge in [0.15, 0.2) is 0 Å². The largest absolute Gasteiger partial charge is 0.375 e. The van der Waals surface area contributed by atoms with Crippen LogP contribution in [-0.2, 0) is 9.53 Å². The SMILES string of the molecule is COC(c1ccc(Cl)cc1)C(C)NC(=O)C1CCNC1. The van der Waals surface area contributed by atoms with E-state index < -0.39 is 0 Å². The summed E-state index contributed by atoms with van der Waals surface area (Å²) < 4.78 is 5.53. The molecule has 4 nitrogen and oxygen atoms in total. The van der Waals surface area contributed by atoms with Gasteiger partial charge >= 0.3 is 0 Å². The van der Waals surface area contributed by atoms with Gasteiger partial charge in [-0.05, 0) is 37.6 Å². The lowest BCUT2D eigenvalue weighted by Gasteiger charge is -2.25. The van der Waals surface area contributed by atoms with Crippen LogP contribution in [0.15, 0.2) is 24.3 Å². The number of benzene rings is 1. The zero-order chi connectivity index (χ0) is 14.5. The second-order valence-electron chi connectivity index (χ2n) is 5.19. The molecule has 1 aliphatic rings. The summed E-state index contributed by atoms with van der Waals surface area (Å²) in [4.78, 5) is 12.1. The van der Waals surface area contributed by atoms with E-state index in [1.165, 1.54) is 0 Å². The van der Waals surface area contributed by atoms with Gasteiger partial charge in [-0.1, -0.05) is 23.7 Å². The molecule has 0 aromatic heterocycles. The lowest BCUT2D eigenvalue weighted by Crippen LogP contribution is -2.41. The zero-order valence-corrected chi connectivity index (χ0v) is 12.6. The molecule has 0 spiro atoms. The molecular weight excluding hydrogens is 276 g/mol. The van der Waals surface area contributed by atoms with E-state index in [0.717, 1.165) is 25.1 Å². The number of ether oxygens (including phenoxy) is 1. The molecule has 0 radical (unpaired) electrons. The van der Waals surface area contributed by atoms with E-state index in [9.17, 15) is 4.79 Å². The Labute approximate surface area is 124 Å². The first-order valence-electron chi connectivity index (χ1n) is 6.91. The van der Waals surface area contributed by atoms with Crippen LogP contribution in [0.4, 0.5) is 0 Å². The molecule has 0 aliphatic carbocycles. The van der Waals surface area contributed by atoms with Gasteiger partial charge in [-0.3, -0.25) is 4.79 Å². The Balaban J connectivity index is 1.99. The van der Waals surface area contributed by atoms with Crippen molar-refractivity contribution in [3.63, 3.8) is 0 Å². The fourth-order valence-electron chi connectivity index (χ4n) is 2.58. The Morgan fingerprint density at radius 1 is 1.45 bits per heavy atom. The standard InChI is InChI=1S/C15H21ClN2O2/c1-10(18-15(19)12-7-8-17-9-12)14(20-2)11-3-5-13(16)6-4-11/h3-6,10,12,14,17H,7-9H2,1-2H3,(H,18,19). The third-order valence-electron chi connectivity index (χ3n) is 3.71. The molecule has 1 aromatic rings. The number of rotatable bonds is 5. The second kappa shape index (κ2) is 7.07. The first-order valence-corrected chi connectivity index (χ1v) is 7.29. The van der Waals surface area contributed by atoms with Gasteiger partial charge in [0, 0.05) is 18.7 Å². The maximum atomic E-state index is 12.1. The van der Waals surface area contributed by atoms with Crippen LogP contribution in [0.25, 0.3) is 0 Å². The van der Waals surface area contributed by atoms with E-state index in [4.69, 9.17) is 16.3 Å². The summed E-state index contributed by atoms with van der Waals surface area (Å²) in [5.41, 5.74) is 1.01. The van der Waals surface area contributed by atoms with Crippen molar-refractivity contribution in [1.29, 1.82) is 0 Å². The first-order chi connectivity index (χ1) is 9.61. The van der Waals surface area contributed by atoms with Gasteiger partial charge in [-0.25, -0.2) is 0 Å². The number of hydrogen-bond acceptors (Lipinski definition) is 3. The lowest BCUT2D eigenvalue weighted by molar-refractivity contribution is -0.126. The number of halogens is 1. The summed E-state index contributed by atoms with van der Waals surface area (Å²) in [5.74, 6) is 0.165. The summed E-state index contributed by atoms with van der Waals surface area (Å²) in [5, 5.41) is 6.94. The average Bonchev–Trinajstić information content (AvgIpc) is 2.96. The van der Waals surface area contributed by atoms with E-state index in [-0.39, 0.29) is 24.0 Å². The molecule has 1 fully saturated rings. The van der Waals surface area contributed by atoms with Gasteiger partial charge in [-0.15, -0.1) is 0 Å². The van der Waals surface area contributed by atoms with Crippen LogP contribution in [0.3, 0.4) is 0 Å². The maximum absolute atomic E-state index is 12.1. The van der Waals surface area contributed by atoms with Crippen molar-refractivity contribution < 1.29 is 9.53 Å². The van der Waals surface area contributed by atoms with Crippen LogP contribution in [0.2, 0.25) is 5.02 Å². The third kappa shape index (κ3) is 3.72. The van der Waals surface area contributed by atoms with E-state index in [1.807, 2.05) is 31.2 Å². The smallest absolute Gasteiger partial charge is 0.224 e. The predicted molar refractivity (Wildman–Crippen MR) is 79.8 cm³/mol. The normalized spacial score (nSPS) is 21.4. The molecule has 2 N–H and O–H groups in total. The molecule has 5 heteroatoms. The minimum absolute atomic E-state index is 0.0696. The topological polar surface area (TPSA) is 50.4 Å². The van der Waals surface area contributed by atoms with E-state index in [1.54, 1.807) is 7.11 Å². The molecule has 3 unspecified atom stereocenters. The van der Waals surface area contributed by atoms with Crippen molar-refractivity contribution >= 4 is 17.5 Å². The third-order valence-corrected chi connectivity index (χ3v) is 3.96. The summed E-state index contributed by atoms with van der Waals surface area (Å²) in [6.07, 6.45) is 0.725. The number of methoxy groups -OCH3 is 1. The van der Waals surface area contributed by atoms with E-state index >= 15 is 0 Å². The summed E-state index contributed by atoms with van der Waals surface area (Å²) in [6.45, 7) is 3.64. The quantitative estimate of drug-likeness (QED) is 0.875. The maximum Gasteiger partial charge on any atom is 0.224 e. The Morgan fingerprint density at radius 2 is 2.15 bits per heavy atom. The molecule has 1 aromatic carbocycles. The van der Waals surface area contributed by atoms with Crippen LogP contribution in [0.1, 0.15) is 25.0 Å². The Kier molecular flexibility index (Phi) is 5.40. The summed E-state index contributed by atoms with van der Waals surface area (Å²) >= 11 is 5.89. The monoisotopic (exact) mass is 296 g/mol. The van der Waals surface area contributed by atoms with Gasteiger partial charge in [0.25, 0.3) is 0 Å². The van der Waals surface area contributed by atoms with Gasteiger partial charge < -0.3 is 15.4 Å². The summed E-state index contributed by atoms with van der Waals surface area (Å²) in [6, 6.07) is 7.43. The molecule has 110 valence electrons. The molecule has 3 atom stereocenters. The highest BCUT2D eigenvalue weighted by Crippen LogP contribution is 2.23. The lowest BCUT2D eigenvalue weighted by atomic mass is 10.0. The highest BCUT2D eigenvalue weighted by atomic mass is 35.5. The number of nitrogens with one attached hydrogen (secondary N) is 2. The zero-order valence-electron chi connectivity index (χ0n) is 11.9.